The van der Waals surface area contributed by atoms with Crippen LogP contribution in [0.3, 0.4) is 0 Å². The Morgan fingerprint density at radius 1 is 1.50 bits per heavy atom. The number of nitrogens with one attached hydrogen (secondary N) is 2. The van der Waals surface area contributed by atoms with Crippen LogP contribution < -0.4 is 16.4 Å². The molecule has 2 aliphatic rings. The van der Waals surface area contributed by atoms with Crippen molar-refractivity contribution in [3.05, 3.63) is 17.5 Å². The molecule has 2 saturated heterocycles. The molecule has 0 aliphatic carbocycles. The molecule has 0 radical (unpaired) electrons. The number of nitrogens with two attached hydrogens (primary N) is 1. The second-order valence-electron chi connectivity index (χ2n) is 6.67. The van der Waals surface area contributed by atoms with Crippen molar-refractivity contribution in [2.75, 3.05) is 32.8 Å². The van der Waals surface area contributed by atoms with Gasteiger partial charge in [0.15, 0.2) is 0 Å². The number of hydrogen-bond acceptors (Lipinski definition) is 6. The van der Waals surface area contributed by atoms with Gasteiger partial charge in [0.1, 0.15) is 5.76 Å². The normalized spacial score (nSPS) is 27.1. The number of amides is 2. The Balaban J connectivity index is 1.71. The van der Waals surface area contributed by atoms with E-state index >= 15 is 0 Å². The lowest BCUT2D eigenvalue weighted by atomic mass is 9.76. The van der Waals surface area contributed by atoms with E-state index in [1.54, 1.807) is 0 Å². The fourth-order valence-electron chi connectivity index (χ4n) is 3.45. The Morgan fingerprint density at radius 3 is 3.04 bits per heavy atom. The lowest BCUT2D eigenvalue weighted by Gasteiger charge is -2.35. The fourth-order valence-corrected chi connectivity index (χ4v) is 3.45. The van der Waals surface area contributed by atoms with Crippen LogP contribution in [0.1, 0.15) is 36.6 Å². The predicted molar refractivity (Wildman–Crippen MR) is 85.1 cm³/mol. The van der Waals surface area contributed by atoms with Crippen molar-refractivity contribution < 1.29 is 18.8 Å². The molecule has 8 heteroatoms. The van der Waals surface area contributed by atoms with Gasteiger partial charge in [0.25, 0.3) is 0 Å². The Labute approximate surface area is 140 Å². The Morgan fingerprint density at radius 2 is 2.38 bits per heavy atom. The third-order valence-corrected chi connectivity index (χ3v) is 4.81. The van der Waals surface area contributed by atoms with Crippen LogP contribution in [0.5, 0.6) is 0 Å². The van der Waals surface area contributed by atoms with Crippen molar-refractivity contribution in [2.45, 2.75) is 31.6 Å². The lowest BCUT2D eigenvalue weighted by Crippen LogP contribution is -2.53. The first kappa shape index (κ1) is 16.9. The zero-order chi connectivity index (χ0) is 17.0. The van der Waals surface area contributed by atoms with Crippen LogP contribution in [-0.2, 0) is 20.7 Å². The maximum absolute atomic E-state index is 12.7. The molecule has 0 spiro atoms. The second kappa shape index (κ2) is 7.31. The molecule has 2 aliphatic heterocycles. The van der Waals surface area contributed by atoms with Gasteiger partial charge in [-0.15, -0.1) is 0 Å². The summed E-state index contributed by atoms with van der Waals surface area (Å²) in [5, 5.41) is 10.1. The molecular weight excluding hydrogens is 312 g/mol. The summed E-state index contributed by atoms with van der Waals surface area (Å²) in [6, 6.07) is 1.93. The monoisotopic (exact) mass is 336 g/mol. The van der Waals surface area contributed by atoms with E-state index in [2.05, 4.69) is 15.8 Å². The molecule has 2 amide bonds. The second-order valence-corrected chi connectivity index (χ2v) is 6.67. The molecule has 1 aromatic rings. The number of piperidine rings is 1. The van der Waals surface area contributed by atoms with Gasteiger partial charge in [-0.3, -0.25) is 9.59 Å². The van der Waals surface area contributed by atoms with Crippen LogP contribution in [0.4, 0.5) is 0 Å². The van der Waals surface area contributed by atoms with E-state index in [-0.39, 0.29) is 18.4 Å². The predicted octanol–water partition coefficient (Wildman–Crippen LogP) is -0.308. The molecule has 2 atom stereocenters. The number of hydrogen-bond donors (Lipinski definition) is 3. The van der Waals surface area contributed by atoms with Crippen LogP contribution >= 0.6 is 0 Å². The number of aromatic nitrogens is 1. The summed E-state index contributed by atoms with van der Waals surface area (Å²) in [6.07, 6.45) is 3.01. The van der Waals surface area contributed by atoms with Gasteiger partial charge in [0.2, 0.25) is 11.8 Å². The summed E-state index contributed by atoms with van der Waals surface area (Å²) >= 11 is 0. The van der Waals surface area contributed by atoms with E-state index < -0.39 is 11.3 Å². The highest BCUT2D eigenvalue weighted by Crippen LogP contribution is 2.33. The Kier molecular flexibility index (Phi) is 5.15. The number of rotatable bonds is 6. The van der Waals surface area contributed by atoms with Crippen molar-refractivity contribution in [1.29, 1.82) is 0 Å². The van der Waals surface area contributed by atoms with Crippen LogP contribution in [0, 0.1) is 5.41 Å². The van der Waals surface area contributed by atoms with Crippen LogP contribution in [0.2, 0.25) is 0 Å². The Hall–Kier alpha value is -1.93. The van der Waals surface area contributed by atoms with Crippen molar-refractivity contribution >= 4 is 11.8 Å². The average molecular weight is 336 g/mol. The van der Waals surface area contributed by atoms with Gasteiger partial charge >= 0.3 is 0 Å². The topological polar surface area (TPSA) is 119 Å². The van der Waals surface area contributed by atoms with Crippen molar-refractivity contribution in [1.82, 2.24) is 15.8 Å². The van der Waals surface area contributed by atoms with E-state index in [0.717, 1.165) is 38.1 Å². The van der Waals surface area contributed by atoms with Crippen molar-refractivity contribution in [2.24, 2.45) is 11.1 Å². The van der Waals surface area contributed by atoms with Gasteiger partial charge < -0.3 is 25.6 Å². The lowest BCUT2D eigenvalue weighted by molar-refractivity contribution is -0.134. The quantitative estimate of drug-likeness (QED) is 0.656. The van der Waals surface area contributed by atoms with Crippen LogP contribution in [-0.4, -0.2) is 49.8 Å². The maximum atomic E-state index is 12.7. The summed E-state index contributed by atoms with van der Waals surface area (Å²) in [5.74, 6) is 0.238. The molecule has 4 N–H and O–H groups in total. The molecule has 0 bridgehead atoms. The third-order valence-electron chi connectivity index (χ3n) is 4.81. The van der Waals surface area contributed by atoms with Gasteiger partial charge in [-0.2, -0.15) is 0 Å². The highest BCUT2D eigenvalue weighted by atomic mass is 16.5. The van der Waals surface area contributed by atoms with E-state index in [4.69, 9.17) is 15.0 Å². The molecule has 0 aromatic carbocycles. The molecular formula is C16H24N4O4. The highest BCUT2D eigenvalue weighted by Gasteiger charge is 2.41. The molecule has 0 unspecified atom stereocenters. The number of primary amides is 1. The van der Waals surface area contributed by atoms with Gasteiger partial charge in [0.05, 0.1) is 24.3 Å². The molecule has 0 saturated carbocycles. The smallest absolute Gasteiger partial charge is 0.236 e. The minimum atomic E-state index is -0.642. The van der Waals surface area contributed by atoms with Crippen molar-refractivity contribution in [3.8, 4) is 0 Å². The molecule has 24 heavy (non-hydrogen) atoms. The molecule has 3 heterocycles. The van der Waals surface area contributed by atoms with E-state index in [0.29, 0.717) is 25.3 Å². The van der Waals surface area contributed by atoms with Crippen LogP contribution in [0.15, 0.2) is 10.6 Å². The zero-order valence-corrected chi connectivity index (χ0v) is 13.7. The van der Waals surface area contributed by atoms with E-state index in [1.165, 1.54) is 0 Å². The van der Waals surface area contributed by atoms with Gasteiger partial charge in [-0.25, -0.2) is 0 Å². The van der Waals surface area contributed by atoms with E-state index in [9.17, 15) is 9.59 Å². The summed E-state index contributed by atoms with van der Waals surface area (Å²) in [6.45, 7) is 2.68. The Bertz CT molecular complexity index is 589. The maximum Gasteiger partial charge on any atom is 0.236 e. The molecule has 2 fully saturated rings. The molecule has 8 nitrogen and oxygen atoms in total. The number of carbonyl (C=O) groups excluding carboxylic acids is 2. The average Bonchev–Trinajstić information content (AvgIpc) is 3.24. The van der Waals surface area contributed by atoms with Crippen LogP contribution in [0.25, 0.3) is 0 Å². The molecule has 1 aromatic heterocycles. The number of nitrogens with zero attached hydrogens (tertiary/aromatic N) is 1. The SMILES string of the molecule is NC(=O)CNC(=O)[C@@]1(Cc2cc([C@H]3CCOC3)no2)CCCNC1. The van der Waals surface area contributed by atoms with Gasteiger partial charge in [-0.05, 0) is 25.8 Å². The van der Waals surface area contributed by atoms with E-state index in [1.807, 2.05) is 6.07 Å². The summed E-state index contributed by atoms with van der Waals surface area (Å²) in [7, 11) is 0. The minimum absolute atomic E-state index is 0.151. The third kappa shape index (κ3) is 3.76. The minimum Gasteiger partial charge on any atom is -0.381 e. The number of ether oxygens (including phenoxy) is 1. The number of carbonyl (C=O) groups is 2. The molecule has 3 rings (SSSR count). The summed E-state index contributed by atoms with van der Waals surface area (Å²) in [4.78, 5) is 23.6. The summed E-state index contributed by atoms with van der Waals surface area (Å²) < 4.78 is 10.9. The first-order valence-corrected chi connectivity index (χ1v) is 8.40. The molecule has 132 valence electrons. The largest absolute Gasteiger partial charge is 0.381 e. The van der Waals surface area contributed by atoms with Gasteiger partial charge in [-0.1, -0.05) is 5.16 Å². The van der Waals surface area contributed by atoms with Crippen molar-refractivity contribution in [3.63, 3.8) is 0 Å². The highest BCUT2D eigenvalue weighted by molar-refractivity contribution is 5.87. The summed E-state index contributed by atoms with van der Waals surface area (Å²) in [5.41, 5.74) is 5.38. The first-order chi connectivity index (χ1) is 11.6. The standard InChI is InChI=1S/C16H24N4O4/c17-14(21)8-19-15(22)16(3-1-4-18-10-16)7-12-6-13(20-24-12)11-2-5-23-9-11/h6,11,18H,1-5,7-10H2,(H2,17,21)(H,19,22)/t11-,16+/m0/s1. The first-order valence-electron chi connectivity index (χ1n) is 8.40. The zero-order valence-electron chi connectivity index (χ0n) is 13.7. The fraction of sp³-hybridized carbons (Fsp3) is 0.688. The van der Waals surface area contributed by atoms with Gasteiger partial charge in [0, 0.05) is 31.6 Å².